The van der Waals surface area contributed by atoms with E-state index in [1.54, 1.807) is 0 Å². The van der Waals surface area contributed by atoms with Crippen LogP contribution in [0.5, 0.6) is 0 Å². The van der Waals surface area contributed by atoms with Gasteiger partial charge in [0.25, 0.3) is 0 Å². The highest BCUT2D eigenvalue weighted by Gasteiger charge is 2.68. The molecule has 1 aromatic carbocycles. The third-order valence-corrected chi connectivity index (χ3v) is 6.95. The molecule has 0 amide bonds. The minimum absolute atomic E-state index is 0.0796. The van der Waals surface area contributed by atoms with Crippen molar-refractivity contribution >= 4 is 11.4 Å². The summed E-state index contributed by atoms with van der Waals surface area (Å²) in [5.41, 5.74) is 3.91. The summed E-state index contributed by atoms with van der Waals surface area (Å²) in [5, 5.41) is 0. The average Bonchev–Trinajstić information content (AvgIpc) is 3.02. The van der Waals surface area contributed by atoms with Crippen LogP contribution in [-0.4, -0.2) is 30.3 Å². The predicted molar refractivity (Wildman–Crippen MR) is 98.8 cm³/mol. The van der Waals surface area contributed by atoms with Crippen molar-refractivity contribution in [3.8, 4) is 0 Å². The predicted octanol–water partition coefficient (Wildman–Crippen LogP) is 4.49. The van der Waals surface area contributed by atoms with Crippen molar-refractivity contribution in [1.29, 1.82) is 0 Å². The molecular formula is C22H29NO. The molecule has 0 saturated heterocycles. The Bertz CT molecular complexity index is 686. The molecule has 2 saturated carbocycles. The van der Waals surface area contributed by atoms with Gasteiger partial charge in [-0.15, -0.1) is 0 Å². The first kappa shape index (κ1) is 16.1. The summed E-state index contributed by atoms with van der Waals surface area (Å²) in [4.78, 5) is 15.3. The molecule has 0 radical (unpaired) electrons. The van der Waals surface area contributed by atoms with Gasteiger partial charge in [-0.05, 0) is 56.0 Å². The molecule has 2 nitrogen and oxygen atoms in total. The van der Waals surface area contributed by atoms with Crippen LogP contribution in [0.15, 0.2) is 30.3 Å². The first-order valence-corrected chi connectivity index (χ1v) is 9.58. The molecule has 2 bridgehead atoms. The molecule has 0 spiro atoms. The minimum Gasteiger partial charge on any atom is -0.299 e. The summed E-state index contributed by atoms with van der Waals surface area (Å²) in [6.07, 6.45) is 10.1. The number of carbonyl (C=O) groups excluding carboxylic acids is 1. The van der Waals surface area contributed by atoms with Crippen LogP contribution >= 0.6 is 0 Å². The molecule has 0 N–H and O–H groups in total. The number of benzene rings is 1. The van der Waals surface area contributed by atoms with Gasteiger partial charge in [0.2, 0.25) is 0 Å². The van der Waals surface area contributed by atoms with E-state index < -0.39 is 0 Å². The SMILES string of the molecule is CCCc1ccc(C2=C[C@@]34CCCC[C@@H]3[C@]2(N(C)C)CC4=O)cc1. The Kier molecular flexibility index (Phi) is 3.72. The number of nitrogens with zero attached hydrogens (tertiary/aromatic N) is 1. The Hall–Kier alpha value is -1.41. The number of hydrogen-bond acceptors (Lipinski definition) is 2. The van der Waals surface area contributed by atoms with Crippen molar-refractivity contribution in [2.24, 2.45) is 11.3 Å². The lowest BCUT2D eigenvalue weighted by molar-refractivity contribution is -0.125. The van der Waals surface area contributed by atoms with Crippen molar-refractivity contribution in [2.75, 3.05) is 14.1 Å². The molecule has 3 aliphatic rings. The second-order valence-corrected chi connectivity index (χ2v) is 8.26. The lowest BCUT2D eigenvalue weighted by atomic mass is 9.68. The van der Waals surface area contributed by atoms with Crippen molar-refractivity contribution < 1.29 is 4.79 Å². The van der Waals surface area contributed by atoms with E-state index in [0.29, 0.717) is 18.1 Å². The molecule has 3 aliphatic carbocycles. The van der Waals surface area contributed by atoms with Crippen LogP contribution in [0.25, 0.3) is 5.57 Å². The van der Waals surface area contributed by atoms with E-state index in [0.717, 1.165) is 12.8 Å². The standard InChI is InChI=1S/C22H29NO/c1-4-7-16-9-11-17(12-10-16)18-14-21-13-6-5-8-19(21)22(18,23(2)3)15-20(21)24/h9-12,14,19H,4-8,13,15H2,1-3H3/t19-,21-,22-/m0/s1. The van der Waals surface area contributed by atoms with Crippen LogP contribution < -0.4 is 0 Å². The zero-order valence-corrected chi connectivity index (χ0v) is 15.3. The number of likely N-dealkylation sites (N-methyl/N-ethyl adjacent to an activating group) is 1. The van der Waals surface area contributed by atoms with Gasteiger partial charge in [-0.25, -0.2) is 0 Å². The second kappa shape index (κ2) is 5.56. The molecule has 1 aromatic rings. The number of ketones is 1. The Balaban J connectivity index is 1.81. The van der Waals surface area contributed by atoms with E-state index in [4.69, 9.17) is 0 Å². The number of aryl methyl sites for hydroxylation is 1. The summed E-state index contributed by atoms with van der Waals surface area (Å²) in [6, 6.07) is 9.13. The van der Waals surface area contributed by atoms with Gasteiger partial charge >= 0.3 is 0 Å². The Morgan fingerprint density at radius 2 is 1.92 bits per heavy atom. The zero-order chi connectivity index (χ0) is 16.9. The molecule has 0 aliphatic heterocycles. The highest BCUT2D eigenvalue weighted by Crippen LogP contribution is 2.66. The van der Waals surface area contributed by atoms with E-state index in [2.05, 4.69) is 56.3 Å². The normalized spacial score (nSPS) is 34.6. The molecule has 24 heavy (non-hydrogen) atoms. The maximum absolute atomic E-state index is 12.9. The van der Waals surface area contributed by atoms with Crippen molar-refractivity contribution in [2.45, 2.75) is 57.4 Å². The smallest absolute Gasteiger partial charge is 0.145 e. The van der Waals surface area contributed by atoms with E-state index in [1.165, 1.54) is 42.4 Å². The second-order valence-electron chi connectivity index (χ2n) is 8.26. The molecule has 2 heteroatoms. The van der Waals surface area contributed by atoms with Gasteiger partial charge in [-0.3, -0.25) is 9.69 Å². The van der Waals surface area contributed by atoms with Gasteiger partial charge in [-0.2, -0.15) is 0 Å². The maximum Gasteiger partial charge on any atom is 0.145 e. The van der Waals surface area contributed by atoms with Crippen molar-refractivity contribution in [3.63, 3.8) is 0 Å². The van der Waals surface area contributed by atoms with Crippen LogP contribution in [-0.2, 0) is 11.2 Å². The first-order valence-electron chi connectivity index (χ1n) is 9.58. The Morgan fingerprint density at radius 1 is 1.17 bits per heavy atom. The summed E-state index contributed by atoms with van der Waals surface area (Å²) in [7, 11) is 4.34. The monoisotopic (exact) mass is 323 g/mol. The Labute approximate surface area is 145 Å². The van der Waals surface area contributed by atoms with E-state index >= 15 is 0 Å². The molecule has 0 heterocycles. The summed E-state index contributed by atoms with van der Waals surface area (Å²) < 4.78 is 0. The van der Waals surface area contributed by atoms with Gasteiger partial charge < -0.3 is 0 Å². The lowest BCUT2D eigenvalue weighted by Gasteiger charge is -2.43. The third-order valence-electron chi connectivity index (χ3n) is 6.95. The fourth-order valence-corrected chi connectivity index (χ4v) is 5.83. The highest BCUT2D eigenvalue weighted by atomic mass is 16.1. The minimum atomic E-state index is -0.167. The van der Waals surface area contributed by atoms with Crippen LogP contribution in [0.1, 0.15) is 56.6 Å². The summed E-state index contributed by atoms with van der Waals surface area (Å²) in [5.74, 6) is 0.971. The van der Waals surface area contributed by atoms with Crippen LogP contribution in [0.4, 0.5) is 0 Å². The van der Waals surface area contributed by atoms with E-state index in [9.17, 15) is 4.79 Å². The highest BCUT2D eigenvalue weighted by molar-refractivity contribution is 6.01. The molecule has 2 fully saturated rings. The molecule has 0 unspecified atom stereocenters. The fourth-order valence-electron chi connectivity index (χ4n) is 5.83. The van der Waals surface area contributed by atoms with Gasteiger partial charge in [0.05, 0.1) is 11.0 Å². The van der Waals surface area contributed by atoms with E-state index in [1.807, 2.05) is 0 Å². The quantitative estimate of drug-likeness (QED) is 0.814. The van der Waals surface area contributed by atoms with Gasteiger partial charge in [0, 0.05) is 6.42 Å². The Morgan fingerprint density at radius 3 is 2.58 bits per heavy atom. The molecule has 128 valence electrons. The van der Waals surface area contributed by atoms with E-state index in [-0.39, 0.29) is 11.0 Å². The molecule has 0 aromatic heterocycles. The number of carbonyl (C=O) groups is 1. The number of Topliss-reactive ketones (excluding diaryl/α,β-unsaturated/α-hetero) is 1. The fraction of sp³-hybridized carbons (Fsp3) is 0.591. The molecule has 3 atom stereocenters. The van der Waals surface area contributed by atoms with Gasteiger partial charge in [0.15, 0.2) is 0 Å². The summed E-state index contributed by atoms with van der Waals surface area (Å²) >= 11 is 0. The topological polar surface area (TPSA) is 20.3 Å². The van der Waals surface area contributed by atoms with Crippen LogP contribution in [0, 0.1) is 11.3 Å². The third kappa shape index (κ3) is 1.95. The maximum atomic E-state index is 12.9. The largest absolute Gasteiger partial charge is 0.299 e. The number of allylic oxidation sites excluding steroid dienone is 1. The molecule has 4 rings (SSSR count). The number of hydrogen-bond donors (Lipinski definition) is 0. The summed E-state index contributed by atoms with van der Waals surface area (Å²) in [6.45, 7) is 2.23. The van der Waals surface area contributed by atoms with Crippen LogP contribution in [0.3, 0.4) is 0 Å². The van der Waals surface area contributed by atoms with Gasteiger partial charge in [0.1, 0.15) is 5.78 Å². The van der Waals surface area contributed by atoms with Crippen molar-refractivity contribution in [3.05, 3.63) is 41.5 Å². The molecular weight excluding hydrogens is 294 g/mol. The average molecular weight is 323 g/mol. The van der Waals surface area contributed by atoms with Crippen LogP contribution in [0.2, 0.25) is 0 Å². The number of rotatable bonds is 4. The van der Waals surface area contributed by atoms with Gasteiger partial charge in [-0.1, -0.05) is 56.5 Å². The lowest BCUT2D eigenvalue weighted by Crippen LogP contribution is -2.48. The zero-order valence-electron chi connectivity index (χ0n) is 15.3. The van der Waals surface area contributed by atoms with Crippen molar-refractivity contribution in [1.82, 2.24) is 4.90 Å². The first-order chi connectivity index (χ1) is 11.5.